The van der Waals surface area contributed by atoms with Crippen molar-refractivity contribution < 1.29 is 14.3 Å². The van der Waals surface area contributed by atoms with Crippen molar-refractivity contribution in [1.82, 2.24) is 9.38 Å². The van der Waals surface area contributed by atoms with Crippen molar-refractivity contribution in [2.45, 2.75) is 13.8 Å². The second-order valence-corrected chi connectivity index (χ2v) is 5.70. The highest BCUT2D eigenvalue weighted by Gasteiger charge is 2.20. The lowest BCUT2D eigenvalue weighted by Gasteiger charge is -2.04. The number of aromatic nitrogens is 2. The number of thiazole rings is 1. The Morgan fingerprint density at radius 3 is 2.68 bits per heavy atom. The number of methoxy groups -OCH3 is 1. The van der Waals surface area contributed by atoms with Gasteiger partial charge in [0.1, 0.15) is 10.6 Å². The van der Waals surface area contributed by atoms with Crippen molar-refractivity contribution in [3.05, 3.63) is 41.0 Å². The number of ether oxygens (including phenoxy) is 2. The first kappa shape index (κ1) is 14.6. The third-order valence-corrected chi connectivity index (χ3v) is 4.57. The summed E-state index contributed by atoms with van der Waals surface area (Å²) in [5, 5.41) is 0. The largest absolute Gasteiger partial charge is 0.497 e. The van der Waals surface area contributed by atoms with Crippen molar-refractivity contribution in [2.24, 2.45) is 0 Å². The molecule has 0 unspecified atom stereocenters. The predicted octanol–water partition coefficient (Wildman–Crippen LogP) is 3.56. The Bertz CT molecular complexity index is 818. The van der Waals surface area contributed by atoms with Gasteiger partial charge in [-0.15, -0.1) is 0 Å². The molecule has 114 valence electrons. The fraction of sp³-hybridized carbons (Fsp3) is 0.250. The van der Waals surface area contributed by atoms with Crippen LogP contribution in [0.5, 0.6) is 5.75 Å². The van der Waals surface area contributed by atoms with E-state index in [0.717, 1.165) is 27.7 Å². The molecule has 0 atom stereocenters. The van der Waals surface area contributed by atoms with Crippen molar-refractivity contribution in [2.75, 3.05) is 13.7 Å². The van der Waals surface area contributed by atoms with Crippen LogP contribution in [0.15, 0.2) is 30.5 Å². The molecule has 0 N–H and O–H groups in total. The number of nitrogens with zero attached hydrogens (tertiary/aromatic N) is 2. The van der Waals surface area contributed by atoms with Crippen LogP contribution in [0.1, 0.15) is 22.3 Å². The summed E-state index contributed by atoms with van der Waals surface area (Å²) in [5.74, 6) is 0.509. The zero-order valence-corrected chi connectivity index (χ0v) is 13.4. The molecule has 0 saturated carbocycles. The van der Waals surface area contributed by atoms with Crippen LogP contribution in [0.2, 0.25) is 0 Å². The zero-order valence-electron chi connectivity index (χ0n) is 12.6. The summed E-state index contributed by atoms with van der Waals surface area (Å²) in [4.78, 5) is 17.8. The number of aryl methyl sites for hydroxylation is 1. The van der Waals surface area contributed by atoms with E-state index in [0.29, 0.717) is 11.5 Å². The normalized spacial score (nSPS) is 10.9. The fourth-order valence-electron chi connectivity index (χ4n) is 2.35. The number of carbonyl (C=O) groups excluding carboxylic acids is 1. The molecule has 1 aromatic carbocycles. The van der Waals surface area contributed by atoms with E-state index in [2.05, 4.69) is 4.98 Å². The van der Waals surface area contributed by atoms with Gasteiger partial charge in [-0.25, -0.2) is 9.78 Å². The molecule has 0 fully saturated rings. The molecule has 0 aliphatic heterocycles. The number of imidazole rings is 1. The molecular formula is C16H16N2O3S. The number of benzene rings is 1. The van der Waals surface area contributed by atoms with Gasteiger partial charge in [-0.1, -0.05) is 11.3 Å². The topological polar surface area (TPSA) is 52.8 Å². The van der Waals surface area contributed by atoms with Crippen LogP contribution in [0.25, 0.3) is 16.2 Å². The van der Waals surface area contributed by atoms with Gasteiger partial charge in [-0.05, 0) is 38.1 Å². The van der Waals surface area contributed by atoms with Crippen LogP contribution in [0.3, 0.4) is 0 Å². The fourth-order valence-corrected chi connectivity index (χ4v) is 3.34. The molecule has 0 amide bonds. The smallest absolute Gasteiger partial charge is 0.350 e. The molecule has 0 bridgehead atoms. The standard InChI is InChI=1S/C16H16N2O3S/c1-4-21-15(19)14-10(2)18-13(9-17-16(18)22-14)11-5-7-12(20-3)8-6-11/h5-9H,4H2,1-3H3. The molecule has 3 rings (SSSR count). The SMILES string of the molecule is CCOC(=O)c1sc2ncc(-c3ccc(OC)cc3)n2c1C. The molecule has 0 radical (unpaired) electrons. The van der Waals surface area contributed by atoms with E-state index >= 15 is 0 Å². The Hall–Kier alpha value is -2.34. The average molecular weight is 316 g/mol. The second-order valence-electron chi connectivity index (χ2n) is 4.73. The van der Waals surface area contributed by atoms with Gasteiger partial charge in [0, 0.05) is 11.3 Å². The molecular weight excluding hydrogens is 300 g/mol. The maximum Gasteiger partial charge on any atom is 0.350 e. The lowest BCUT2D eigenvalue weighted by Crippen LogP contribution is -2.04. The number of esters is 1. The summed E-state index contributed by atoms with van der Waals surface area (Å²) in [7, 11) is 1.64. The maximum absolute atomic E-state index is 12.0. The molecule has 3 aromatic rings. The van der Waals surface area contributed by atoms with E-state index < -0.39 is 0 Å². The van der Waals surface area contributed by atoms with Gasteiger partial charge in [0.05, 0.1) is 25.6 Å². The summed E-state index contributed by atoms with van der Waals surface area (Å²) in [5.41, 5.74) is 2.81. The predicted molar refractivity (Wildman–Crippen MR) is 85.8 cm³/mol. The summed E-state index contributed by atoms with van der Waals surface area (Å²) in [6, 6.07) is 7.76. The molecule has 2 aromatic heterocycles. The number of hydrogen-bond acceptors (Lipinski definition) is 5. The summed E-state index contributed by atoms with van der Waals surface area (Å²) < 4.78 is 12.3. The Kier molecular flexibility index (Phi) is 3.85. The Labute approximate surface area is 132 Å². The summed E-state index contributed by atoms with van der Waals surface area (Å²) >= 11 is 1.35. The third kappa shape index (κ3) is 2.35. The van der Waals surface area contributed by atoms with Crippen LogP contribution in [-0.2, 0) is 4.74 Å². The van der Waals surface area contributed by atoms with E-state index in [1.807, 2.05) is 41.8 Å². The van der Waals surface area contributed by atoms with Gasteiger partial charge >= 0.3 is 5.97 Å². The second kappa shape index (κ2) is 5.81. The highest BCUT2D eigenvalue weighted by atomic mass is 32.1. The highest BCUT2D eigenvalue weighted by molar-refractivity contribution is 7.19. The molecule has 5 nitrogen and oxygen atoms in total. The van der Waals surface area contributed by atoms with E-state index in [9.17, 15) is 4.79 Å². The quantitative estimate of drug-likeness (QED) is 0.691. The monoisotopic (exact) mass is 316 g/mol. The number of hydrogen-bond donors (Lipinski definition) is 0. The number of carbonyl (C=O) groups is 1. The van der Waals surface area contributed by atoms with Gasteiger partial charge < -0.3 is 9.47 Å². The first-order chi connectivity index (χ1) is 10.7. The van der Waals surface area contributed by atoms with Crippen LogP contribution in [0.4, 0.5) is 0 Å². The molecule has 0 saturated heterocycles. The first-order valence-corrected chi connectivity index (χ1v) is 7.75. The summed E-state index contributed by atoms with van der Waals surface area (Å²) in [6.07, 6.45) is 1.82. The van der Waals surface area contributed by atoms with E-state index in [-0.39, 0.29) is 5.97 Å². The molecule has 0 spiro atoms. The van der Waals surface area contributed by atoms with Crippen LogP contribution >= 0.6 is 11.3 Å². The van der Waals surface area contributed by atoms with Gasteiger partial charge in [0.2, 0.25) is 0 Å². The van der Waals surface area contributed by atoms with E-state index in [1.165, 1.54) is 11.3 Å². The minimum atomic E-state index is -0.295. The number of fused-ring (bicyclic) bond motifs is 1. The summed E-state index contributed by atoms with van der Waals surface area (Å²) in [6.45, 7) is 4.07. The molecule has 22 heavy (non-hydrogen) atoms. The lowest BCUT2D eigenvalue weighted by molar-refractivity contribution is 0.0531. The average Bonchev–Trinajstić information content (AvgIpc) is 3.08. The number of rotatable bonds is 4. The van der Waals surface area contributed by atoms with Gasteiger partial charge in [-0.3, -0.25) is 4.40 Å². The van der Waals surface area contributed by atoms with Crippen LogP contribution < -0.4 is 4.74 Å². The van der Waals surface area contributed by atoms with Crippen molar-refractivity contribution in [3.63, 3.8) is 0 Å². The van der Waals surface area contributed by atoms with Crippen LogP contribution in [0, 0.1) is 6.92 Å². The molecule has 0 aliphatic rings. The Morgan fingerprint density at radius 1 is 1.32 bits per heavy atom. The minimum absolute atomic E-state index is 0.295. The van der Waals surface area contributed by atoms with Crippen LogP contribution in [-0.4, -0.2) is 29.1 Å². The molecule has 2 heterocycles. The molecule has 6 heteroatoms. The molecule has 0 aliphatic carbocycles. The zero-order chi connectivity index (χ0) is 15.7. The van der Waals surface area contributed by atoms with Gasteiger partial charge in [0.15, 0.2) is 4.96 Å². The van der Waals surface area contributed by atoms with Gasteiger partial charge in [0.25, 0.3) is 0 Å². The van der Waals surface area contributed by atoms with E-state index in [1.54, 1.807) is 14.0 Å². The van der Waals surface area contributed by atoms with Crippen molar-refractivity contribution in [1.29, 1.82) is 0 Å². The minimum Gasteiger partial charge on any atom is -0.497 e. The highest BCUT2D eigenvalue weighted by Crippen LogP contribution is 2.30. The Morgan fingerprint density at radius 2 is 2.05 bits per heavy atom. The van der Waals surface area contributed by atoms with Gasteiger partial charge in [-0.2, -0.15) is 0 Å². The van der Waals surface area contributed by atoms with E-state index in [4.69, 9.17) is 9.47 Å². The lowest BCUT2D eigenvalue weighted by atomic mass is 10.1. The Balaban J connectivity index is 2.09. The van der Waals surface area contributed by atoms with Crippen molar-refractivity contribution >= 4 is 22.3 Å². The third-order valence-electron chi connectivity index (χ3n) is 3.43. The first-order valence-electron chi connectivity index (χ1n) is 6.94. The maximum atomic E-state index is 12.0. The van der Waals surface area contributed by atoms with Crippen molar-refractivity contribution in [3.8, 4) is 17.0 Å².